The number of hydrogen-bond donors (Lipinski definition) is 5. The molecule has 0 aliphatic heterocycles. The molecule has 3 aromatic rings. The van der Waals surface area contributed by atoms with Gasteiger partial charge in [-0.15, -0.1) is 0 Å². The van der Waals surface area contributed by atoms with Crippen LogP contribution in [0.4, 0.5) is 11.4 Å². The first-order chi connectivity index (χ1) is 15.2. The van der Waals surface area contributed by atoms with Crippen LogP contribution in [0.5, 0.6) is 0 Å². The number of para-hydroxylation sites is 1. The lowest BCUT2D eigenvalue weighted by atomic mass is 10.0. The summed E-state index contributed by atoms with van der Waals surface area (Å²) < 4.78 is 0. The molecule has 0 bridgehead atoms. The molecule has 0 saturated heterocycles. The number of allylic oxidation sites excluding steroid dienone is 1. The number of H-pyrrole nitrogens is 1. The van der Waals surface area contributed by atoms with E-state index in [0.717, 1.165) is 16.5 Å². The Hall–Kier alpha value is -3.72. The van der Waals surface area contributed by atoms with E-state index >= 15 is 0 Å². The highest BCUT2D eigenvalue weighted by atomic mass is 32.1. The molecule has 9 heteroatoms. The molecule has 1 aliphatic carbocycles. The van der Waals surface area contributed by atoms with Crippen molar-refractivity contribution in [2.45, 2.75) is 24.8 Å². The highest BCUT2D eigenvalue weighted by Crippen LogP contribution is 2.55. The summed E-state index contributed by atoms with van der Waals surface area (Å²) in [5.74, 6) is -1.15. The van der Waals surface area contributed by atoms with Gasteiger partial charge in [0.05, 0.1) is 11.3 Å². The molecule has 8 nitrogen and oxygen atoms in total. The van der Waals surface area contributed by atoms with Gasteiger partial charge in [0.1, 0.15) is 5.54 Å². The molecular formula is C23H25N6O2S+. The minimum Gasteiger partial charge on any atom is -0.402 e. The summed E-state index contributed by atoms with van der Waals surface area (Å²) in [6, 6.07) is 12.8. The van der Waals surface area contributed by atoms with Crippen LogP contribution >= 0.6 is 0 Å². The van der Waals surface area contributed by atoms with E-state index in [1.165, 1.54) is 0 Å². The van der Waals surface area contributed by atoms with Crippen molar-refractivity contribution in [1.29, 1.82) is 0 Å². The molecule has 0 spiro atoms. The molecule has 1 aromatic heterocycles. The molecule has 2 atom stereocenters. The Labute approximate surface area is 190 Å². The van der Waals surface area contributed by atoms with Crippen molar-refractivity contribution in [2.75, 3.05) is 5.32 Å². The van der Waals surface area contributed by atoms with Crippen LogP contribution in [0.1, 0.15) is 35.2 Å². The third kappa shape index (κ3) is 3.94. The van der Waals surface area contributed by atoms with Crippen molar-refractivity contribution >= 4 is 51.8 Å². The summed E-state index contributed by atoms with van der Waals surface area (Å²) in [5.41, 5.74) is 19.8. The highest BCUT2D eigenvalue weighted by Gasteiger charge is 2.60. The van der Waals surface area contributed by atoms with Crippen molar-refractivity contribution < 1.29 is 9.59 Å². The van der Waals surface area contributed by atoms with Gasteiger partial charge in [0.25, 0.3) is 5.91 Å². The Morgan fingerprint density at radius 3 is 2.66 bits per heavy atom. The second kappa shape index (κ2) is 8.08. The Kier molecular flexibility index (Phi) is 5.43. The van der Waals surface area contributed by atoms with Crippen LogP contribution in [0.25, 0.3) is 10.9 Å². The fourth-order valence-electron chi connectivity index (χ4n) is 4.04. The number of primary amides is 2. The van der Waals surface area contributed by atoms with Gasteiger partial charge in [-0.3, -0.25) is 9.59 Å². The molecular weight excluding hydrogens is 424 g/mol. The maximum atomic E-state index is 12.5. The van der Waals surface area contributed by atoms with E-state index in [1.54, 1.807) is 31.2 Å². The number of benzene rings is 2. The highest BCUT2D eigenvalue weighted by molar-refractivity contribution is 7.78. The Morgan fingerprint density at radius 2 is 1.97 bits per heavy atom. The smallest absolute Gasteiger partial charge is 0.250 e. The van der Waals surface area contributed by atoms with Crippen molar-refractivity contribution in [1.82, 2.24) is 4.98 Å². The molecule has 4 rings (SSSR count). The number of nitrogens with two attached hydrogens (primary N) is 3. The maximum Gasteiger partial charge on any atom is 0.250 e. The van der Waals surface area contributed by atoms with E-state index in [-0.39, 0.29) is 11.5 Å². The summed E-state index contributed by atoms with van der Waals surface area (Å²) in [7, 11) is 0. The average molecular weight is 450 g/mol. The summed E-state index contributed by atoms with van der Waals surface area (Å²) in [6.07, 6.45) is 4.09. The van der Waals surface area contributed by atoms with E-state index < -0.39 is 17.4 Å². The number of anilines is 1. The van der Waals surface area contributed by atoms with Crippen LogP contribution < -0.4 is 22.5 Å². The van der Waals surface area contributed by atoms with E-state index in [4.69, 9.17) is 17.2 Å². The Bertz CT molecular complexity index is 1290. The summed E-state index contributed by atoms with van der Waals surface area (Å²) >= 11 is 3.38. The SMILES string of the molecule is CC(N)=CC([SH2+])=Nc1cc(N[C@@]2(C(N)=O)C[C@@H]2c2c[nH]c3ccccc23)ccc1C(N)=O. The van der Waals surface area contributed by atoms with Gasteiger partial charge in [-0.1, -0.05) is 18.2 Å². The zero-order valence-corrected chi connectivity index (χ0v) is 18.5. The van der Waals surface area contributed by atoms with Crippen LogP contribution in [0.3, 0.4) is 0 Å². The van der Waals surface area contributed by atoms with Gasteiger partial charge >= 0.3 is 0 Å². The molecule has 1 saturated carbocycles. The third-order valence-electron chi connectivity index (χ3n) is 5.63. The minimum absolute atomic E-state index is 0.0897. The Morgan fingerprint density at radius 1 is 1.22 bits per heavy atom. The molecule has 164 valence electrons. The number of aromatic amines is 1. The van der Waals surface area contributed by atoms with Gasteiger partial charge in [-0.05, 0) is 43.2 Å². The van der Waals surface area contributed by atoms with Crippen molar-refractivity contribution in [3.05, 3.63) is 71.6 Å². The number of nitrogens with zero attached hydrogens (tertiary/aromatic N) is 1. The van der Waals surface area contributed by atoms with Gasteiger partial charge in [0.15, 0.2) is 0 Å². The molecule has 32 heavy (non-hydrogen) atoms. The van der Waals surface area contributed by atoms with Gasteiger partial charge in [-0.25, -0.2) is 4.99 Å². The second-order valence-electron chi connectivity index (χ2n) is 7.99. The number of carbonyl (C=O) groups excluding carboxylic acids is 2. The minimum atomic E-state index is -0.940. The lowest BCUT2D eigenvalue weighted by Gasteiger charge is -2.18. The Balaban J connectivity index is 1.69. The molecule has 2 amide bonds. The largest absolute Gasteiger partial charge is 0.402 e. The van der Waals surface area contributed by atoms with Crippen molar-refractivity contribution in [3.8, 4) is 0 Å². The van der Waals surface area contributed by atoms with E-state index in [1.807, 2.05) is 30.5 Å². The molecule has 1 aliphatic rings. The first kappa shape index (κ1) is 21.5. The number of aliphatic imine (C=N–C) groups is 1. The summed E-state index contributed by atoms with van der Waals surface area (Å²) in [5, 5.41) is 4.77. The number of nitrogens with one attached hydrogen (secondary N) is 2. The fourth-order valence-corrected chi connectivity index (χ4v) is 4.39. The summed E-state index contributed by atoms with van der Waals surface area (Å²) in [6.45, 7) is 1.72. The number of carbonyl (C=O) groups is 2. The normalized spacial score (nSPS) is 20.9. The molecule has 0 unspecified atom stereocenters. The summed E-state index contributed by atoms with van der Waals surface area (Å²) in [4.78, 5) is 32.0. The van der Waals surface area contributed by atoms with Gasteiger partial charge in [-0.2, -0.15) is 0 Å². The van der Waals surface area contributed by atoms with E-state index in [2.05, 4.69) is 27.9 Å². The van der Waals surface area contributed by atoms with Crippen molar-refractivity contribution in [2.24, 2.45) is 22.2 Å². The van der Waals surface area contributed by atoms with Gasteiger partial charge in [0.2, 0.25) is 11.0 Å². The van der Waals surface area contributed by atoms with Crippen LogP contribution in [0, 0.1) is 0 Å². The van der Waals surface area contributed by atoms with Crippen LogP contribution in [-0.4, -0.2) is 27.4 Å². The first-order valence-electron chi connectivity index (χ1n) is 10.0. The molecule has 1 fully saturated rings. The number of rotatable bonds is 7. The monoisotopic (exact) mass is 449 g/mol. The number of amides is 2. The van der Waals surface area contributed by atoms with E-state index in [9.17, 15) is 9.59 Å². The van der Waals surface area contributed by atoms with Gasteiger partial charge < -0.3 is 27.5 Å². The third-order valence-corrected chi connectivity index (χ3v) is 5.89. The van der Waals surface area contributed by atoms with Crippen LogP contribution in [-0.2, 0) is 17.4 Å². The maximum absolute atomic E-state index is 12.5. The zero-order chi connectivity index (χ0) is 23.0. The number of fused-ring (bicyclic) bond motifs is 1. The molecule has 2 aromatic carbocycles. The zero-order valence-electron chi connectivity index (χ0n) is 17.5. The second-order valence-corrected chi connectivity index (χ2v) is 8.50. The topological polar surface area (TPSA) is 152 Å². The van der Waals surface area contributed by atoms with E-state index in [0.29, 0.717) is 28.5 Å². The molecule has 8 N–H and O–H groups in total. The quantitative estimate of drug-likeness (QED) is 0.213. The molecule has 1 heterocycles. The lowest BCUT2D eigenvalue weighted by Crippen LogP contribution is -2.39. The average Bonchev–Trinajstić information content (AvgIpc) is 3.28. The number of aromatic nitrogens is 1. The standard InChI is InChI=1S/C23H24N6O2S/c1-12(24)8-20(32)28-19-9-13(6-7-15(19)21(25)30)29-23(22(26)31)10-17(23)16-11-27-18-5-3-2-4-14(16)18/h2-9,11,17,27,29H,10,24H2,1H3,(H2,25,30)(H2,26,31)(H,28,32)/p+1/t17-,23+/m1/s1. The van der Waals surface area contributed by atoms with Gasteiger partial charge in [0, 0.05) is 53.1 Å². The predicted molar refractivity (Wildman–Crippen MR) is 131 cm³/mol. The lowest BCUT2D eigenvalue weighted by molar-refractivity contribution is -0.119. The van der Waals surface area contributed by atoms with Crippen molar-refractivity contribution in [3.63, 3.8) is 0 Å². The van der Waals surface area contributed by atoms with Crippen LogP contribution in [0.2, 0.25) is 0 Å². The fraction of sp³-hybridized carbons (Fsp3) is 0.174. The molecule has 0 radical (unpaired) electrons. The number of hydrogen-bond acceptors (Lipinski definition) is 5. The predicted octanol–water partition coefficient (Wildman–Crippen LogP) is 1.99. The van der Waals surface area contributed by atoms with Crippen LogP contribution in [0.15, 0.2) is 65.4 Å². The first-order valence-corrected chi connectivity index (χ1v) is 10.5.